The van der Waals surface area contributed by atoms with Crippen molar-refractivity contribution in [1.29, 1.82) is 0 Å². The average Bonchev–Trinajstić information content (AvgIpc) is 2.57. The fraction of sp³-hybridized carbons (Fsp3) is 0.300. The molecule has 0 radical (unpaired) electrons. The number of hydrogen-bond donors (Lipinski definition) is 0. The molecule has 0 aromatic heterocycles. The quantitative estimate of drug-likeness (QED) is 0.554. The van der Waals surface area contributed by atoms with Crippen LogP contribution >= 0.6 is 0 Å². The molecule has 1 fully saturated rings. The standard InChI is InChI=1S/C20H19F3/c1-2-13-3-5-14(6-4-13)15-9-10-18-16(11-15)7-8-17(20(18)23)12-19(21)22/h2,7-14H,1,3-6H2. The molecule has 0 bridgehead atoms. The molecule has 3 heteroatoms. The lowest BCUT2D eigenvalue weighted by Crippen LogP contribution is -2.11. The Morgan fingerprint density at radius 1 is 1.04 bits per heavy atom. The second-order valence-corrected chi connectivity index (χ2v) is 6.23. The van der Waals surface area contributed by atoms with Crippen LogP contribution in [-0.2, 0) is 0 Å². The van der Waals surface area contributed by atoms with E-state index in [1.807, 2.05) is 18.2 Å². The first kappa shape index (κ1) is 15.9. The zero-order valence-corrected chi connectivity index (χ0v) is 12.9. The number of allylic oxidation sites excluding steroid dienone is 1. The average molecular weight is 316 g/mol. The summed E-state index contributed by atoms with van der Waals surface area (Å²) in [6.07, 6.45) is 5.21. The molecule has 1 aliphatic rings. The molecule has 0 saturated heterocycles. The summed E-state index contributed by atoms with van der Waals surface area (Å²) in [5.74, 6) is 0.507. The van der Waals surface area contributed by atoms with Crippen LogP contribution in [0.5, 0.6) is 0 Å². The van der Waals surface area contributed by atoms with Crippen LogP contribution in [0.15, 0.2) is 49.1 Å². The molecule has 0 aliphatic heterocycles. The first-order chi connectivity index (χ1) is 11.1. The Labute approximate surface area is 134 Å². The first-order valence-electron chi connectivity index (χ1n) is 7.96. The van der Waals surface area contributed by atoms with Gasteiger partial charge in [-0.25, -0.2) is 4.39 Å². The predicted molar refractivity (Wildman–Crippen MR) is 89.0 cm³/mol. The van der Waals surface area contributed by atoms with Gasteiger partial charge in [-0.2, -0.15) is 8.78 Å². The molecule has 2 aromatic carbocycles. The van der Waals surface area contributed by atoms with Gasteiger partial charge >= 0.3 is 0 Å². The van der Waals surface area contributed by atoms with E-state index in [0.29, 0.717) is 23.3 Å². The van der Waals surface area contributed by atoms with Crippen LogP contribution in [0.3, 0.4) is 0 Å². The highest BCUT2D eigenvalue weighted by molar-refractivity contribution is 5.86. The minimum atomic E-state index is -1.89. The summed E-state index contributed by atoms with van der Waals surface area (Å²) in [6, 6.07) is 8.77. The SMILES string of the molecule is C=CC1CCC(c2ccc3c(F)c(C=C(F)F)ccc3c2)CC1. The highest BCUT2D eigenvalue weighted by Gasteiger charge is 2.21. The van der Waals surface area contributed by atoms with Gasteiger partial charge in [0.05, 0.1) is 0 Å². The summed E-state index contributed by atoms with van der Waals surface area (Å²) in [7, 11) is 0. The summed E-state index contributed by atoms with van der Waals surface area (Å²) in [5, 5.41) is 1.16. The molecular weight excluding hydrogens is 297 g/mol. The van der Waals surface area contributed by atoms with Crippen LogP contribution < -0.4 is 0 Å². The van der Waals surface area contributed by atoms with Gasteiger partial charge in [-0.05, 0) is 48.5 Å². The van der Waals surface area contributed by atoms with Gasteiger partial charge in [-0.1, -0.05) is 36.4 Å². The van der Waals surface area contributed by atoms with Crippen molar-refractivity contribution in [2.45, 2.75) is 31.6 Å². The third-order valence-corrected chi connectivity index (χ3v) is 4.85. The molecule has 120 valence electrons. The van der Waals surface area contributed by atoms with E-state index in [-0.39, 0.29) is 5.56 Å². The van der Waals surface area contributed by atoms with Gasteiger partial charge in [0.2, 0.25) is 0 Å². The van der Waals surface area contributed by atoms with E-state index in [9.17, 15) is 13.2 Å². The number of rotatable bonds is 3. The summed E-state index contributed by atoms with van der Waals surface area (Å²) in [4.78, 5) is 0. The van der Waals surface area contributed by atoms with Gasteiger partial charge in [-0.3, -0.25) is 0 Å². The molecule has 3 rings (SSSR count). The normalized spacial score (nSPS) is 21.2. The molecule has 23 heavy (non-hydrogen) atoms. The lowest BCUT2D eigenvalue weighted by atomic mass is 9.78. The maximum absolute atomic E-state index is 14.3. The molecule has 0 nitrogen and oxygen atoms in total. The third-order valence-electron chi connectivity index (χ3n) is 4.85. The Bertz CT molecular complexity index is 749. The van der Waals surface area contributed by atoms with Crippen molar-refractivity contribution in [2.75, 3.05) is 0 Å². The van der Waals surface area contributed by atoms with Crippen molar-refractivity contribution < 1.29 is 13.2 Å². The Morgan fingerprint density at radius 3 is 2.43 bits per heavy atom. The highest BCUT2D eigenvalue weighted by atomic mass is 19.3. The van der Waals surface area contributed by atoms with E-state index in [0.717, 1.165) is 31.1 Å². The fourth-order valence-electron chi connectivity index (χ4n) is 3.50. The second kappa shape index (κ2) is 6.61. The van der Waals surface area contributed by atoms with Gasteiger partial charge in [0, 0.05) is 17.0 Å². The van der Waals surface area contributed by atoms with Crippen LogP contribution in [0.1, 0.15) is 42.7 Å². The van der Waals surface area contributed by atoms with Crippen molar-refractivity contribution in [3.05, 3.63) is 66.0 Å². The van der Waals surface area contributed by atoms with Crippen molar-refractivity contribution in [3.63, 3.8) is 0 Å². The molecule has 0 atom stereocenters. The van der Waals surface area contributed by atoms with Crippen molar-refractivity contribution in [3.8, 4) is 0 Å². The Balaban J connectivity index is 1.91. The molecule has 1 saturated carbocycles. The monoisotopic (exact) mass is 316 g/mol. The topological polar surface area (TPSA) is 0 Å². The summed E-state index contributed by atoms with van der Waals surface area (Å²) in [5.41, 5.74) is 1.14. The van der Waals surface area contributed by atoms with Crippen LogP contribution in [0.4, 0.5) is 13.2 Å². The Kier molecular flexibility index (Phi) is 4.56. The van der Waals surface area contributed by atoms with E-state index in [1.165, 1.54) is 11.6 Å². The van der Waals surface area contributed by atoms with Crippen molar-refractivity contribution >= 4 is 16.8 Å². The number of halogens is 3. The number of benzene rings is 2. The van der Waals surface area contributed by atoms with E-state index < -0.39 is 11.9 Å². The maximum Gasteiger partial charge on any atom is 0.271 e. The zero-order chi connectivity index (χ0) is 16.4. The molecule has 0 spiro atoms. The number of hydrogen-bond acceptors (Lipinski definition) is 0. The Hall–Kier alpha value is -2.03. The summed E-state index contributed by atoms with van der Waals surface area (Å²) >= 11 is 0. The smallest absolute Gasteiger partial charge is 0.206 e. The van der Waals surface area contributed by atoms with Crippen molar-refractivity contribution in [1.82, 2.24) is 0 Å². The molecule has 0 unspecified atom stereocenters. The van der Waals surface area contributed by atoms with Crippen LogP contribution in [0, 0.1) is 11.7 Å². The Morgan fingerprint density at radius 2 is 1.78 bits per heavy atom. The van der Waals surface area contributed by atoms with Gasteiger partial charge < -0.3 is 0 Å². The molecule has 0 amide bonds. The van der Waals surface area contributed by atoms with E-state index in [2.05, 4.69) is 6.58 Å². The van der Waals surface area contributed by atoms with Gasteiger partial charge in [0.25, 0.3) is 6.08 Å². The number of fused-ring (bicyclic) bond motifs is 1. The predicted octanol–water partition coefficient (Wildman–Crippen LogP) is 6.68. The summed E-state index contributed by atoms with van der Waals surface area (Å²) in [6.45, 7) is 3.86. The van der Waals surface area contributed by atoms with E-state index in [4.69, 9.17) is 0 Å². The summed E-state index contributed by atoms with van der Waals surface area (Å²) < 4.78 is 39.0. The molecule has 2 aromatic rings. The van der Waals surface area contributed by atoms with Crippen LogP contribution in [0.25, 0.3) is 16.8 Å². The molecule has 0 N–H and O–H groups in total. The second-order valence-electron chi connectivity index (χ2n) is 6.23. The fourth-order valence-corrected chi connectivity index (χ4v) is 3.50. The van der Waals surface area contributed by atoms with Gasteiger partial charge in [0.1, 0.15) is 5.82 Å². The van der Waals surface area contributed by atoms with E-state index >= 15 is 0 Å². The highest BCUT2D eigenvalue weighted by Crippen LogP contribution is 2.37. The molecule has 1 aliphatic carbocycles. The van der Waals surface area contributed by atoms with Crippen LogP contribution in [-0.4, -0.2) is 0 Å². The van der Waals surface area contributed by atoms with Gasteiger partial charge in [-0.15, -0.1) is 6.58 Å². The molecular formula is C20H19F3. The van der Waals surface area contributed by atoms with E-state index in [1.54, 1.807) is 12.1 Å². The lowest BCUT2D eigenvalue weighted by Gasteiger charge is -2.27. The third kappa shape index (κ3) is 3.34. The van der Waals surface area contributed by atoms with Crippen LogP contribution in [0.2, 0.25) is 0 Å². The lowest BCUT2D eigenvalue weighted by molar-refractivity contribution is 0.376. The molecule has 0 heterocycles. The first-order valence-corrected chi connectivity index (χ1v) is 7.96. The van der Waals surface area contributed by atoms with Crippen molar-refractivity contribution in [2.24, 2.45) is 5.92 Å². The van der Waals surface area contributed by atoms with Gasteiger partial charge in [0.15, 0.2) is 0 Å². The minimum Gasteiger partial charge on any atom is -0.206 e. The zero-order valence-electron chi connectivity index (χ0n) is 12.9. The largest absolute Gasteiger partial charge is 0.271 e. The minimum absolute atomic E-state index is 0.0725. The maximum atomic E-state index is 14.3.